The molecule has 0 spiro atoms. The molecule has 0 aromatic rings. The van der Waals surface area contributed by atoms with Gasteiger partial charge in [0.2, 0.25) is 0 Å². The average molecular weight is 239 g/mol. The Balaban J connectivity index is 2.11. The van der Waals surface area contributed by atoms with E-state index in [0.717, 1.165) is 0 Å². The lowest BCUT2D eigenvalue weighted by Gasteiger charge is -2.43. The fraction of sp³-hybridized carbons (Fsp3) is 0.818. The van der Waals surface area contributed by atoms with E-state index in [1.54, 1.807) is 0 Å². The van der Waals surface area contributed by atoms with Crippen LogP contribution in [0.15, 0.2) is 0 Å². The third-order valence-corrected chi connectivity index (χ3v) is 4.94. The number of nitriles is 2. The summed E-state index contributed by atoms with van der Waals surface area (Å²) in [4.78, 5) is 0. The fourth-order valence-corrected chi connectivity index (χ4v) is 4.01. The maximum atomic E-state index is 10.3. The van der Waals surface area contributed by atoms with Crippen LogP contribution >= 0.6 is 11.6 Å². The quantitative estimate of drug-likeness (QED) is 0.503. The van der Waals surface area contributed by atoms with Gasteiger partial charge in [-0.05, 0) is 19.3 Å². The largest absolute Gasteiger partial charge is 0.373 e. The first-order chi connectivity index (χ1) is 7.56. The number of alkyl halides is 1. The SMILES string of the molecule is N#C[C@]1(O)[C@@H]2C[C@@H]3C[C@H]1O[C@]3(C#N)[C@H](Cl)C2. The molecule has 3 rings (SSSR count). The second-order valence-corrected chi connectivity index (χ2v) is 5.54. The van der Waals surface area contributed by atoms with E-state index in [4.69, 9.17) is 21.6 Å². The lowest BCUT2D eigenvalue weighted by molar-refractivity contribution is -0.0894. The molecule has 1 N–H and O–H groups in total. The van der Waals surface area contributed by atoms with Gasteiger partial charge in [-0.2, -0.15) is 10.5 Å². The predicted molar refractivity (Wildman–Crippen MR) is 54.3 cm³/mol. The minimum atomic E-state index is -1.46. The molecule has 2 aliphatic carbocycles. The molecule has 1 heterocycles. The molecule has 3 bridgehead atoms. The lowest BCUT2D eigenvalue weighted by Crippen LogP contribution is -2.53. The Bertz CT molecular complexity index is 427. The fourth-order valence-electron chi connectivity index (χ4n) is 3.52. The summed E-state index contributed by atoms with van der Waals surface area (Å²) < 4.78 is 5.67. The summed E-state index contributed by atoms with van der Waals surface area (Å²) in [5, 5.41) is 28.3. The zero-order valence-electron chi connectivity index (χ0n) is 8.56. The molecule has 16 heavy (non-hydrogen) atoms. The van der Waals surface area contributed by atoms with Gasteiger partial charge in [-0.15, -0.1) is 11.6 Å². The lowest BCUT2D eigenvalue weighted by atomic mass is 9.61. The maximum absolute atomic E-state index is 10.3. The molecule has 0 aromatic carbocycles. The van der Waals surface area contributed by atoms with Crippen LogP contribution in [0.25, 0.3) is 0 Å². The summed E-state index contributed by atoms with van der Waals surface area (Å²) in [5.74, 6) is -0.0925. The highest BCUT2D eigenvalue weighted by Crippen LogP contribution is 2.59. The molecule has 0 amide bonds. The molecular formula is C11H11ClN2O2. The van der Waals surface area contributed by atoms with Crippen LogP contribution in [-0.4, -0.2) is 27.8 Å². The highest BCUT2D eigenvalue weighted by atomic mass is 35.5. The zero-order chi connectivity index (χ0) is 11.6. The predicted octanol–water partition coefficient (Wildman–Crippen LogP) is 0.940. The number of aliphatic hydroxyl groups is 1. The molecule has 1 aliphatic heterocycles. The van der Waals surface area contributed by atoms with Gasteiger partial charge in [0, 0.05) is 11.8 Å². The first kappa shape index (κ1) is 10.4. The molecule has 3 fully saturated rings. The van der Waals surface area contributed by atoms with Crippen LogP contribution < -0.4 is 0 Å². The smallest absolute Gasteiger partial charge is 0.180 e. The number of halogens is 1. The average Bonchev–Trinajstić information content (AvgIpc) is 2.61. The highest BCUT2D eigenvalue weighted by Gasteiger charge is 2.68. The standard InChI is InChI=1S/C11H11ClN2O2/c12-8-2-6-1-7-3-9(10(6,15)4-13)16-11(7,8)5-14/h6-9,15H,1-3H2/t6-,7-,8-,9-,10+,11+/m1/s1. The van der Waals surface area contributed by atoms with Crippen LogP contribution in [0.4, 0.5) is 0 Å². The van der Waals surface area contributed by atoms with Crippen LogP contribution in [0.5, 0.6) is 0 Å². The van der Waals surface area contributed by atoms with Crippen molar-refractivity contribution in [1.29, 1.82) is 10.5 Å². The van der Waals surface area contributed by atoms with Crippen LogP contribution in [-0.2, 0) is 4.74 Å². The first-order valence-electron chi connectivity index (χ1n) is 5.43. The number of hydrogen-bond donors (Lipinski definition) is 1. The zero-order valence-corrected chi connectivity index (χ0v) is 9.31. The van der Waals surface area contributed by atoms with Crippen molar-refractivity contribution < 1.29 is 9.84 Å². The number of fused-ring (bicyclic) bond motifs is 2. The Kier molecular flexibility index (Phi) is 1.87. The molecule has 4 nitrogen and oxygen atoms in total. The number of ether oxygens (including phenoxy) is 1. The molecular weight excluding hydrogens is 228 g/mol. The molecule has 5 heteroatoms. The van der Waals surface area contributed by atoms with E-state index >= 15 is 0 Å². The van der Waals surface area contributed by atoms with Crippen molar-refractivity contribution in [2.45, 2.75) is 41.9 Å². The van der Waals surface area contributed by atoms with Crippen molar-refractivity contribution in [3.05, 3.63) is 0 Å². The van der Waals surface area contributed by atoms with Crippen LogP contribution in [0.3, 0.4) is 0 Å². The van der Waals surface area contributed by atoms with Gasteiger partial charge < -0.3 is 9.84 Å². The molecule has 0 aromatic heterocycles. The summed E-state index contributed by atoms with van der Waals surface area (Å²) in [5.41, 5.74) is -2.44. The Morgan fingerprint density at radius 1 is 1.19 bits per heavy atom. The van der Waals surface area contributed by atoms with Gasteiger partial charge in [-0.25, -0.2) is 0 Å². The molecule has 0 unspecified atom stereocenters. The van der Waals surface area contributed by atoms with E-state index in [1.165, 1.54) is 0 Å². The van der Waals surface area contributed by atoms with Gasteiger partial charge in [0.1, 0.15) is 12.2 Å². The first-order valence-corrected chi connectivity index (χ1v) is 5.87. The Morgan fingerprint density at radius 2 is 1.94 bits per heavy atom. The van der Waals surface area contributed by atoms with E-state index in [9.17, 15) is 10.4 Å². The topological polar surface area (TPSA) is 77.0 Å². The van der Waals surface area contributed by atoms with Crippen molar-refractivity contribution in [1.82, 2.24) is 0 Å². The van der Waals surface area contributed by atoms with E-state index in [1.807, 2.05) is 6.07 Å². The van der Waals surface area contributed by atoms with E-state index in [2.05, 4.69) is 6.07 Å². The summed E-state index contributed by atoms with van der Waals surface area (Å²) in [6.45, 7) is 0. The van der Waals surface area contributed by atoms with Gasteiger partial charge in [-0.3, -0.25) is 0 Å². The number of hydrogen-bond acceptors (Lipinski definition) is 4. The summed E-state index contributed by atoms with van der Waals surface area (Å²) in [7, 11) is 0. The molecule has 1 saturated heterocycles. The summed E-state index contributed by atoms with van der Waals surface area (Å²) in [6, 6.07) is 4.13. The van der Waals surface area contributed by atoms with Gasteiger partial charge >= 0.3 is 0 Å². The summed E-state index contributed by atoms with van der Waals surface area (Å²) in [6.07, 6.45) is 1.16. The Hall–Kier alpha value is -0.810. The normalized spacial score (nSPS) is 58.0. The van der Waals surface area contributed by atoms with Crippen molar-refractivity contribution in [2.75, 3.05) is 0 Å². The molecule has 2 saturated carbocycles. The molecule has 3 aliphatic rings. The van der Waals surface area contributed by atoms with Gasteiger partial charge in [0.25, 0.3) is 0 Å². The van der Waals surface area contributed by atoms with E-state index in [-0.39, 0.29) is 11.8 Å². The van der Waals surface area contributed by atoms with Crippen LogP contribution in [0, 0.1) is 34.5 Å². The molecule has 0 radical (unpaired) electrons. The number of rotatable bonds is 0. The van der Waals surface area contributed by atoms with Crippen molar-refractivity contribution >= 4 is 11.6 Å². The van der Waals surface area contributed by atoms with E-state index in [0.29, 0.717) is 19.3 Å². The third kappa shape index (κ3) is 0.919. The maximum Gasteiger partial charge on any atom is 0.180 e. The highest BCUT2D eigenvalue weighted by molar-refractivity contribution is 6.21. The van der Waals surface area contributed by atoms with Crippen LogP contribution in [0.2, 0.25) is 0 Å². The summed E-state index contributed by atoms with van der Waals surface area (Å²) >= 11 is 6.21. The van der Waals surface area contributed by atoms with Gasteiger partial charge in [-0.1, -0.05) is 0 Å². The Morgan fingerprint density at radius 3 is 2.56 bits per heavy atom. The number of nitrogens with zero attached hydrogens (tertiary/aromatic N) is 2. The van der Waals surface area contributed by atoms with Crippen molar-refractivity contribution in [2.24, 2.45) is 11.8 Å². The minimum absolute atomic E-state index is 0.0670. The van der Waals surface area contributed by atoms with Crippen molar-refractivity contribution in [3.63, 3.8) is 0 Å². The van der Waals surface area contributed by atoms with Gasteiger partial charge in [0.05, 0.1) is 11.4 Å². The van der Waals surface area contributed by atoms with Gasteiger partial charge in [0.15, 0.2) is 11.2 Å². The van der Waals surface area contributed by atoms with Crippen molar-refractivity contribution in [3.8, 4) is 12.1 Å². The van der Waals surface area contributed by atoms with E-state index < -0.39 is 22.7 Å². The molecule has 6 atom stereocenters. The monoisotopic (exact) mass is 238 g/mol. The Labute approximate surface area is 98.4 Å². The second kappa shape index (κ2) is 2.90. The third-order valence-electron chi connectivity index (χ3n) is 4.44. The molecule has 84 valence electrons. The minimum Gasteiger partial charge on any atom is -0.373 e. The van der Waals surface area contributed by atoms with Crippen LogP contribution in [0.1, 0.15) is 19.3 Å². The second-order valence-electron chi connectivity index (χ2n) is 5.02.